The molecule has 0 fully saturated rings. The lowest BCUT2D eigenvalue weighted by Crippen LogP contribution is -2.37. The first-order chi connectivity index (χ1) is 15.8. The third-order valence-corrected chi connectivity index (χ3v) is 5.35. The standard InChI is InChI=1S/C26H26N4O3/c1-26(2,3)20-14-12-18(13-15-20)24-29-28-23(33-24)17-8-10-19(11-9-17)25(31)30(27)21-6-5-7-22(16-21)32-4/h5-16H,27H2,1-4H3. The molecule has 3 aromatic carbocycles. The molecule has 4 aromatic rings. The van der Waals surface area contributed by atoms with Crippen molar-refractivity contribution in [3.05, 3.63) is 83.9 Å². The van der Waals surface area contributed by atoms with Gasteiger partial charge in [-0.3, -0.25) is 4.79 Å². The molecule has 1 heterocycles. The van der Waals surface area contributed by atoms with Crippen molar-refractivity contribution in [3.63, 3.8) is 0 Å². The van der Waals surface area contributed by atoms with E-state index in [1.54, 1.807) is 55.6 Å². The summed E-state index contributed by atoms with van der Waals surface area (Å²) in [5.74, 6) is 7.12. The van der Waals surface area contributed by atoms with Gasteiger partial charge in [-0.1, -0.05) is 39.0 Å². The van der Waals surface area contributed by atoms with E-state index in [4.69, 9.17) is 15.0 Å². The van der Waals surface area contributed by atoms with Crippen molar-refractivity contribution in [2.75, 3.05) is 12.1 Å². The van der Waals surface area contributed by atoms with E-state index in [-0.39, 0.29) is 11.3 Å². The van der Waals surface area contributed by atoms with Crippen molar-refractivity contribution < 1.29 is 13.9 Å². The van der Waals surface area contributed by atoms with E-state index in [0.717, 1.165) is 10.6 Å². The second-order valence-corrected chi connectivity index (χ2v) is 8.69. The van der Waals surface area contributed by atoms with E-state index >= 15 is 0 Å². The highest BCUT2D eigenvalue weighted by atomic mass is 16.5. The van der Waals surface area contributed by atoms with Crippen LogP contribution in [0, 0.1) is 0 Å². The van der Waals surface area contributed by atoms with Gasteiger partial charge in [0.1, 0.15) is 5.75 Å². The first-order valence-electron chi connectivity index (χ1n) is 10.5. The molecule has 7 nitrogen and oxygen atoms in total. The molecule has 0 atom stereocenters. The van der Waals surface area contributed by atoms with Crippen molar-refractivity contribution in [2.24, 2.45) is 5.84 Å². The molecule has 0 aliphatic carbocycles. The van der Waals surface area contributed by atoms with Crippen molar-refractivity contribution in [3.8, 4) is 28.7 Å². The lowest BCUT2D eigenvalue weighted by atomic mass is 9.87. The number of carbonyl (C=O) groups excluding carboxylic acids is 1. The molecule has 1 aromatic heterocycles. The third-order valence-electron chi connectivity index (χ3n) is 5.35. The van der Waals surface area contributed by atoms with E-state index in [9.17, 15) is 4.79 Å². The van der Waals surface area contributed by atoms with Crippen LogP contribution in [0.5, 0.6) is 5.75 Å². The maximum atomic E-state index is 12.8. The molecule has 168 valence electrons. The molecule has 0 spiro atoms. The summed E-state index contributed by atoms with van der Waals surface area (Å²) in [6.07, 6.45) is 0. The molecular formula is C26H26N4O3. The molecule has 4 rings (SSSR count). The monoisotopic (exact) mass is 442 g/mol. The number of ether oxygens (including phenoxy) is 1. The number of aromatic nitrogens is 2. The number of nitrogens with zero attached hydrogens (tertiary/aromatic N) is 3. The van der Waals surface area contributed by atoms with Crippen LogP contribution in [0.4, 0.5) is 5.69 Å². The van der Waals surface area contributed by atoms with Crippen LogP contribution in [0.2, 0.25) is 0 Å². The molecule has 0 radical (unpaired) electrons. The predicted molar refractivity (Wildman–Crippen MR) is 128 cm³/mol. The number of benzene rings is 3. The SMILES string of the molecule is COc1cccc(N(N)C(=O)c2ccc(-c3nnc(-c4ccc(C(C)(C)C)cc4)o3)cc2)c1. The second-order valence-electron chi connectivity index (χ2n) is 8.69. The van der Waals surface area contributed by atoms with Gasteiger partial charge in [0.25, 0.3) is 5.91 Å². The Balaban J connectivity index is 1.50. The van der Waals surface area contributed by atoms with Crippen LogP contribution in [0.15, 0.2) is 77.2 Å². The normalized spacial score (nSPS) is 11.3. The Hall–Kier alpha value is -3.97. The summed E-state index contributed by atoms with van der Waals surface area (Å²) in [5.41, 5.74) is 3.83. The number of amides is 1. The molecule has 0 bridgehead atoms. The summed E-state index contributed by atoms with van der Waals surface area (Å²) in [5, 5.41) is 9.42. The quantitative estimate of drug-likeness (QED) is 0.258. The number of methoxy groups -OCH3 is 1. The van der Waals surface area contributed by atoms with Gasteiger partial charge in [0.05, 0.1) is 12.8 Å². The van der Waals surface area contributed by atoms with Crippen LogP contribution in [-0.2, 0) is 5.41 Å². The Morgan fingerprint density at radius 3 is 2.03 bits per heavy atom. The van der Waals surface area contributed by atoms with Gasteiger partial charge in [-0.25, -0.2) is 10.9 Å². The number of rotatable bonds is 5. The van der Waals surface area contributed by atoms with Crippen LogP contribution in [0.3, 0.4) is 0 Å². The average molecular weight is 443 g/mol. The predicted octanol–water partition coefficient (Wildman–Crippen LogP) is 5.23. The molecular weight excluding hydrogens is 416 g/mol. The van der Waals surface area contributed by atoms with Crippen LogP contribution in [0.1, 0.15) is 36.7 Å². The van der Waals surface area contributed by atoms with Crippen LogP contribution >= 0.6 is 0 Å². The van der Waals surface area contributed by atoms with Gasteiger partial charge in [-0.2, -0.15) is 0 Å². The summed E-state index contributed by atoms with van der Waals surface area (Å²) in [6.45, 7) is 6.51. The maximum Gasteiger partial charge on any atom is 0.272 e. The summed E-state index contributed by atoms with van der Waals surface area (Å²) in [6, 6.07) is 22.0. The van der Waals surface area contributed by atoms with E-state index < -0.39 is 0 Å². The molecule has 0 saturated carbocycles. The molecule has 0 aliphatic rings. The number of hydrogen-bond acceptors (Lipinski definition) is 6. The minimum atomic E-state index is -0.347. The van der Waals surface area contributed by atoms with Gasteiger partial charge in [-0.15, -0.1) is 10.2 Å². The van der Waals surface area contributed by atoms with E-state index in [1.807, 2.05) is 12.1 Å². The Morgan fingerprint density at radius 1 is 0.909 bits per heavy atom. The summed E-state index contributed by atoms with van der Waals surface area (Å²) >= 11 is 0. The zero-order chi connectivity index (χ0) is 23.6. The lowest BCUT2D eigenvalue weighted by Gasteiger charge is -2.18. The molecule has 0 unspecified atom stereocenters. The van der Waals surface area contributed by atoms with Crippen molar-refractivity contribution in [1.29, 1.82) is 0 Å². The number of carbonyl (C=O) groups is 1. The van der Waals surface area contributed by atoms with E-state index in [2.05, 4.69) is 43.1 Å². The third kappa shape index (κ3) is 4.78. The number of hydrazine groups is 1. The first kappa shape index (κ1) is 22.2. The smallest absolute Gasteiger partial charge is 0.272 e. The highest BCUT2D eigenvalue weighted by molar-refractivity contribution is 6.05. The average Bonchev–Trinajstić information content (AvgIpc) is 3.33. The molecule has 1 amide bonds. The van der Waals surface area contributed by atoms with Gasteiger partial charge in [0, 0.05) is 22.8 Å². The second kappa shape index (κ2) is 8.88. The lowest BCUT2D eigenvalue weighted by molar-refractivity contribution is 0.0987. The van der Waals surface area contributed by atoms with Crippen molar-refractivity contribution >= 4 is 11.6 Å². The van der Waals surface area contributed by atoms with Gasteiger partial charge in [0.15, 0.2) is 0 Å². The zero-order valence-corrected chi connectivity index (χ0v) is 19.1. The Labute approximate surface area is 192 Å². The zero-order valence-electron chi connectivity index (χ0n) is 19.1. The highest BCUT2D eigenvalue weighted by Gasteiger charge is 2.17. The fraction of sp³-hybridized carbons (Fsp3) is 0.192. The molecule has 0 saturated heterocycles. The minimum absolute atomic E-state index is 0.0728. The number of nitrogens with two attached hydrogens (primary N) is 1. The largest absolute Gasteiger partial charge is 0.497 e. The van der Waals surface area contributed by atoms with Crippen LogP contribution in [0.25, 0.3) is 22.9 Å². The highest BCUT2D eigenvalue weighted by Crippen LogP contribution is 2.28. The van der Waals surface area contributed by atoms with Gasteiger partial charge in [-0.05, 0) is 59.5 Å². The van der Waals surface area contributed by atoms with E-state index in [1.165, 1.54) is 5.56 Å². The van der Waals surface area contributed by atoms with Gasteiger partial charge in [0.2, 0.25) is 11.8 Å². The fourth-order valence-electron chi connectivity index (χ4n) is 3.34. The number of anilines is 1. The molecule has 0 aliphatic heterocycles. The first-order valence-corrected chi connectivity index (χ1v) is 10.5. The molecule has 7 heteroatoms. The molecule has 2 N–H and O–H groups in total. The van der Waals surface area contributed by atoms with Crippen molar-refractivity contribution in [1.82, 2.24) is 10.2 Å². The summed E-state index contributed by atoms with van der Waals surface area (Å²) in [4.78, 5) is 12.8. The van der Waals surface area contributed by atoms with Crippen molar-refractivity contribution in [2.45, 2.75) is 26.2 Å². The maximum absolute atomic E-state index is 12.8. The summed E-state index contributed by atoms with van der Waals surface area (Å²) in [7, 11) is 1.56. The Kier molecular flexibility index (Phi) is 5.98. The topological polar surface area (TPSA) is 94.5 Å². The number of hydrogen-bond donors (Lipinski definition) is 1. The molecule has 33 heavy (non-hydrogen) atoms. The van der Waals surface area contributed by atoms with Gasteiger partial charge < -0.3 is 9.15 Å². The van der Waals surface area contributed by atoms with Crippen LogP contribution < -0.4 is 15.6 Å². The summed E-state index contributed by atoms with van der Waals surface area (Å²) < 4.78 is 11.1. The Bertz CT molecular complexity index is 1260. The van der Waals surface area contributed by atoms with Gasteiger partial charge >= 0.3 is 0 Å². The minimum Gasteiger partial charge on any atom is -0.497 e. The van der Waals surface area contributed by atoms with E-state index in [0.29, 0.717) is 34.3 Å². The Morgan fingerprint density at radius 2 is 1.48 bits per heavy atom. The van der Waals surface area contributed by atoms with Crippen LogP contribution in [-0.4, -0.2) is 23.2 Å². The fourth-order valence-corrected chi connectivity index (χ4v) is 3.34.